The van der Waals surface area contributed by atoms with E-state index >= 15 is 0 Å². The van der Waals surface area contributed by atoms with E-state index in [0.717, 1.165) is 27.7 Å². The molecular formula is C33H38N2O14. The molecule has 264 valence electrons. The minimum Gasteiger partial charge on any atom is -0.463 e. The van der Waals surface area contributed by atoms with Crippen molar-refractivity contribution >= 4 is 41.8 Å². The summed E-state index contributed by atoms with van der Waals surface area (Å²) in [6.45, 7) is 3.45. The molecule has 2 aromatic carbocycles. The molecule has 0 aromatic heterocycles. The van der Waals surface area contributed by atoms with Crippen LogP contribution in [0.1, 0.15) is 45.2 Å². The van der Waals surface area contributed by atoms with Gasteiger partial charge in [0.05, 0.1) is 6.42 Å². The predicted octanol–water partition coefficient (Wildman–Crippen LogP) is 1.61. The summed E-state index contributed by atoms with van der Waals surface area (Å²) < 4.78 is 37.5. The van der Waals surface area contributed by atoms with Crippen LogP contribution in [0.25, 0.3) is 0 Å². The van der Waals surface area contributed by atoms with Crippen LogP contribution in [-0.2, 0) is 75.1 Å². The summed E-state index contributed by atoms with van der Waals surface area (Å²) in [5.74, 6) is -5.20. The van der Waals surface area contributed by atoms with Crippen molar-refractivity contribution < 1.29 is 66.7 Å². The first-order valence-electron chi connectivity index (χ1n) is 15.1. The second-order valence-electron chi connectivity index (χ2n) is 10.7. The standard InChI is InChI=1S/C33H38N2O14/c1-19(36)43-18-26-28(46-20(2)37)29(47-21(3)38)30(48-22(4)39)31(49-26)35-27(40)15-25(32(41)44-16-23-11-7-5-8-12-23)34-33(42)45-17-24-13-9-6-10-14-24/h5-14,25-26,28-31H,15-18H2,1-4H3,(H,34,42)(H,35,40)/t25-,26+,28+,29-,30+,31+/m0/s1. The van der Waals surface area contributed by atoms with E-state index in [9.17, 15) is 33.6 Å². The van der Waals surface area contributed by atoms with Crippen molar-refractivity contribution in [1.82, 2.24) is 10.6 Å². The molecule has 1 aliphatic heterocycles. The van der Waals surface area contributed by atoms with Crippen molar-refractivity contribution in [2.75, 3.05) is 6.61 Å². The van der Waals surface area contributed by atoms with Crippen molar-refractivity contribution in [2.45, 2.75) is 84.0 Å². The molecule has 3 rings (SSSR count). The van der Waals surface area contributed by atoms with Gasteiger partial charge in [0, 0.05) is 27.7 Å². The number of amides is 2. The Morgan fingerprint density at radius 3 is 1.69 bits per heavy atom. The van der Waals surface area contributed by atoms with E-state index in [4.69, 9.17) is 33.2 Å². The van der Waals surface area contributed by atoms with Gasteiger partial charge in [-0.05, 0) is 11.1 Å². The number of ether oxygens (including phenoxy) is 7. The molecule has 1 aliphatic rings. The Kier molecular flexibility index (Phi) is 14.5. The first-order valence-corrected chi connectivity index (χ1v) is 15.1. The highest BCUT2D eigenvalue weighted by Gasteiger charge is 2.52. The maximum Gasteiger partial charge on any atom is 0.408 e. The molecule has 0 spiro atoms. The van der Waals surface area contributed by atoms with Crippen molar-refractivity contribution in [3.05, 3.63) is 71.8 Å². The van der Waals surface area contributed by atoms with Gasteiger partial charge in [0.25, 0.3) is 0 Å². The zero-order chi connectivity index (χ0) is 35.9. The molecular weight excluding hydrogens is 648 g/mol. The molecule has 0 saturated carbocycles. The van der Waals surface area contributed by atoms with E-state index in [-0.39, 0.29) is 13.2 Å². The molecule has 0 unspecified atom stereocenters. The molecule has 2 aromatic rings. The van der Waals surface area contributed by atoms with E-state index < -0.39 is 91.6 Å². The van der Waals surface area contributed by atoms with Crippen LogP contribution in [0.2, 0.25) is 0 Å². The summed E-state index contributed by atoms with van der Waals surface area (Å²) in [4.78, 5) is 87.1. The third-order valence-corrected chi connectivity index (χ3v) is 6.70. The number of nitrogens with one attached hydrogen (secondary N) is 2. The van der Waals surface area contributed by atoms with Crippen LogP contribution >= 0.6 is 0 Å². The number of hydrogen-bond acceptors (Lipinski definition) is 14. The van der Waals surface area contributed by atoms with Gasteiger partial charge < -0.3 is 43.8 Å². The second kappa shape index (κ2) is 18.7. The monoisotopic (exact) mass is 686 g/mol. The number of carbonyl (C=O) groups excluding carboxylic acids is 7. The number of esters is 5. The summed E-state index contributed by atoms with van der Waals surface area (Å²) in [6.07, 6.45) is -9.24. The van der Waals surface area contributed by atoms with E-state index in [1.165, 1.54) is 0 Å². The number of alkyl carbamates (subject to hydrolysis) is 1. The topological polar surface area (TPSA) is 208 Å². The molecule has 0 aliphatic carbocycles. The Bertz CT molecular complexity index is 1470. The highest BCUT2D eigenvalue weighted by Crippen LogP contribution is 2.28. The fraction of sp³-hybridized carbons (Fsp3) is 0.424. The van der Waals surface area contributed by atoms with Crippen LogP contribution in [0, 0.1) is 0 Å². The lowest BCUT2D eigenvalue weighted by atomic mass is 9.97. The highest BCUT2D eigenvalue weighted by atomic mass is 16.7. The van der Waals surface area contributed by atoms with Crippen molar-refractivity contribution in [2.24, 2.45) is 0 Å². The van der Waals surface area contributed by atoms with E-state index in [0.29, 0.717) is 11.1 Å². The molecule has 0 radical (unpaired) electrons. The maximum absolute atomic E-state index is 13.4. The van der Waals surface area contributed by atoms with Crippen molar-refractivity contribution in [3.63, 3.8) is 0 Å². The minimum atomic E-state index is -1.60. The molecule has 16 heteroatoms. The van der Waals surface area contributed by atoms with Crippen LogP contribution in [0.5, 0.6) is 0 Å². The van der Waals surface area contributed by atoms with E-state index in [2.05, 4.69) is 10.6 Å². The summed E-state index contributed by atoms with van der Waals surface area (Å²) in [5, 5.41) is 4.78. The van der Waals surface area contributed by atoms with Gasteiger partial charge in [0.2, 0.25) is 5.91 Å². The van der Waals surface area contributed by atoms with Crippen LogP contribution in [-0.4, -0.2) is 85.1 Å². The Hall–Kier alpha value is -5.51. The van der Waals surface area contributed by atoms with Gasteiger partial charge >= 0.3 is 35.9 Å². The summed E-state index contributed by atoms with van der Waals surface area (Å²) >= 11 is 0. The number of carbonyl (C=O) groups is 7. The second-order valence-corrected chi connectivity index (χ2v) is 10.7. The zero-order valence-corrected chi connectivity index (χ0v) is 27.3. The number of benzene rings is 2. The summed E-state index contributed by atoms with van der Waals surface area (Å²) in [6, 6.07) is 15.8. The van der Waals surface area contributed by atoms with Gasteiger partial charge in [-0.25, -0.2) is 9.59 Å². The normalized spacial score (nSPS) is 20.4. The molecule has 1 heterocycles. The largest absolute Gasteiger partial charge is 0.463 e. The highest BCUT2D eigenvalue weighted by molar-refractivity contribution is 5.88. The third-order valence-electron chi connectivity index (χ3n) is 6.70. The van der Waals surface area contributed by atoms with E-state index in [1.807, 2.05) is 0 Å². The molecule has 6 atom stereocenters. The van der Waals surface area contributed by atoms with Crippen LogP contribution in [0.3, 0.4) is 0 Å². The van der Waals surface area contributed by atoms with E-state index in [1.54, 1.807) is 60.7 Å². The lowest BCUT2D eigenvalue weighted by molar-refractivity contribution is -0.257. The Morgan fingerprint density at radius 1 is 0.653 bits per heavy atom. The lowest BCUT2D eigenvalue weighted by Gasteiger charge is -2.44. The van der Waals surface area contributed by atoms with Gasteiger partial charge in [-0.15, -0.1) is 0 Å². The van der Waals surface area contributed by atoms with Gasteiger partial charge in [0.1, 0.15) is 32.0 Å². The fourth-order valence-electron chi connectivity index (χ4n) is 4.68. The van der Waals surface area contributed by atoms with Crippen LogP contribution < -0.4 is 10.6 Å². The Morgan fingerprint density at radius 2 is 1.16 bits per heavy atom. The number of rotatable bonds is 14. The van der Waals surface area contributed by atoms with Gasteiger partial charge in [0.15, 0.2) is 24.5 Å². The first-order chi connectivity index (χ1) is 23.3. The molecule has 0 bridgehead atoms. The smallest absolute Gasteiger partial charge is 0.408 e. The fourth-order valence-corrected chi connectivity index (χ4v) is 4.68. The van der Waals surface area contributed by atoms with Crippen LogP contribution in [0.4, 0.5) is 4.79 Å². The Labute approximate surface area is 281 Å². The predicted molar refractivity (Wildman–Crippen MR) is 165 cm³/mol. The average molecular weight is 687 g/mol. The molecule has 16 nitrogen and oxygen atoms in total. The van der Waals surface area contributed by atoms with Gasteiger partial charge in [-0.3, -0.25) is 24.0 Å². The van der Waals surface area contributed by atoms with Gasteiger partial charge in [-0.1, -0.05) is 60.7 Å². The molecule has 1 fully saturated rings. The summed E-state index contributed by atoms with van der Waals surface area (Å²) in [7, 11) is 0. The lowest BCUT2D eigenvalue weighted by Crippen LogP contribution is -2.66. The maximum atomic E-state index is 13.4. The quantitative estimate of drug-likeness (QED) is 0.214. The first kappa shape index (κ1) is 37.9. The van der Waals surface area contributed by atoms with Gasteiger partial charge in [-0.2, -0.15) is 0 Å². The average Bonchev–Trinajstić information content (AvgIpc) is 3.04. The minimum absolute atomic E-state index is 0.130. The molecule has 2 N–H and O–H groups in total. The molecule has 49 heavy (non-hydrogen) atoms. The van der Waals surface area contributed by atoms with Crippen molar-refractivity contribution in [1.29, 1.82) is 0 Å². The number of hydrogen-bond donors (Lipinski definition) is 2. The third kappa shape index (κ3) is 12.9. The Balaban J connectivity index is 1.84. The zero-order valence-electron chi connectivity index (χ0n) is 27.3. The summed E-state index contributed by atoms with van der Waals surface area (Å²) in [5.41, 5.74) is 1.31. The SMILES string of the molecule is CC(=O)OC[C@H]1O[C@@H](NC(=O)C[C@H](NC(=O)OCc2ccccc2)C(=O)OCc2ccccc2)[C@H](OC(C)=O)[C@@H](OC(C)=O)[C@@H]1OC(C)=O. The molecule has 1 saturated heterocycles. The van der Waals surface area contributed by atoms with Crippen molar-refractivity contribution in [3.8, 4) is 0 Å². The van der Waals surface area contributed by atoms with Crippen LogP contribution in [0.15, 0.2) is 60.7 Å². The molecule has 2 amide bonds.